The van der Waals surface area contributed by atoms with Crippen LogP contribution in [0.3, 0.4) is 0 Å². The van der Waals surface area contributed by atoms with E-state index in [1.54, 1.807) is 0 Å². The predicted octanol–water partition coefficient (Wildman–Crippen LogP) is 1.39. The number of nitrogens with one attached hydrogen (secondary N) is 1. The van der Waals surface area contributed by atoms with Gasteiger partial charge in [0.15, 0.2) is 0 Å². The van der Waals surface area contributed by atoms with E-state index in [1.807, 2.05) is 6.92 Å². The van der Waals surface area contributed by atoms with Gasteiger partial charge < -0.3 is 14.8 Å². The monoisotopic (exact) mass is 199 g/mol. The SMILES string of the molecule is CCOCOC[C@H]1NCC2CCCC21. The normalized spacial score (nSPS) is 36.2. The van der Waals surface area contributed by atoms with Crippen LogP contribution in [0.2, 0.25) is 0 Å². The molecule has 3 atom stereocenters. The zero-order chi connectivity index (χ0) is 9.80. The summed E-state index contributed by atoms with van der Waals surface area (Å²) in [5.74, 6) is 1.80. The standard InChI is InChI=1S/C11H21NO2/c1-2-13-8-14-7-11-10-5-3-4-9(10)6-12-11/h9-12H,2-8H2,1H3/t9?,10?,11-/m1/s1. The van der Waals surface area contributed by atoms with E-state index in [0.29, 0.717) is 12.8 Å². The highest BCUT2D eigenvalue weighted by molar-refractivity contribution is 4.93. The molecule has 0 aromatic rings. The van der Waals surface area contributed by atoms with Crippen molar-refractivity contribution in [3.63, 3.8) is 0 Å². The summed E-state index contributed by atoms with van der Waals surface area (Å²) < 4.78 is 10.6. The lowest BCUT2D eigenvalue weighted by Crippen LogP contribution is -2.32. The molecule has 2 fully saturated rings. The Balaban J connectivity index is 1.66. The van der Waals surface area contributed by atoms with Gasteiger partial charge in [-0.3, -0.25) is 0 Å². The van der Waals surface area contributed by atoms with E-state index in [4.69, 9.17) is 9.47 Å². The summed E-state index contributed by atoms with van der Waals surface area (Å²) in [5, 5.41) is 3.55. The quantitative estimate of drug-likeness (QED) is 0.536. The van der Waals surface area contributed by atoms with Gasteiger partial charge in [-0.05, 0) is 38.1 Å². The van der Waals surface area contributed by atoms with Gasteiger partial charge in [0.2, 0.25) is 0 Å². The molecule has 1 saturated heterocycles. The van der Waals surface area contributed by atoms with Crippen LogP contribution in [0.4, 0.5) is 0 Å². The van der Waals surface area contributed by atoms with Crippen LogP contribution in [0.25, 0.3) is 0 Å². The predicted molar refractivity (Wildman–Crippen MR) is 55.1 cm³/mol. The van der Waals surface area contributed by atoms with Gasteiger partial charge in [-0.25, -0.2) is 0 Å². The van der Waals surface area contributed by atoms with Gasteiger partial charge >= 0.3 is 0 Å². The molecule has 14 heavy (non-hydrogen) atoms. The second kappa shape index (κ2) is 5.10. The van der Waals surface area contributed by atoms with E-state index in [1.165, 1.54) is 25.8 Å². The second-order valence-electron chi connectivity index (χ2n) is 4.35. The summed E-state index contributed by atoms with van der Waals surface area (Å²) in [5.41, 5.74) is 0. The Morgan fingerprint density at radius 1 is 1.29 bits per heavy atom. The molecule has 3 nitrogen and oxygen atoms in total. The Bertz CT molecular complexity index is 175. The van der Waals surface area contributed by atoms with Gasteiger partial charge in [-0.1, -0.05) is 6.42 Å². The van der Waals surface area contributed by atoms with Crippen LogP contribution in [0.1, 0.15) is 26.2 Å². The van der Waals surface area contributed by atoms with Gasteiger partial charge in [-0.2, -0.15) is 0 Å². The highest BCUT2D eigenvalue weighted by atomic mass is 16.7. The summed E-state index contributed by atoms with van der Waals surface area (Å²) in [6, 6.07) is 0.586. The van der Waals surface area contributed by atoms with Crippen LogP contribution in [0.15, 0.2) is 0 Å². The lowest BCUT2D eigenvalue weighted by Gasteiger charge is -2.17. The number of ether oxygens (including phenoxy) is 2. The Kier molecular flexibility index (Phi) is 3.79. The number of hydrogen-bond donors (Lipinski definition) is 1. The van der Waals surface area contributed by atoms with Crippen LogP contribution < -0.4 is 5.32 Å². The number of hydrogen-bond acceptors (Lipinski definition) is 3. The Hall–Kier alpha value is -0.120. The molecular weight excluding hydrogens is 178 g/mol. The molecule has 1 aliphatic carbocycles. The van der Waals surface area contributed by atoms with Gasteiger partial charge in [0.05, 0.1) is 6.61 Å². The van der Waals surface area contributed by atoms with E-state index in [9.17, 15) is 0 Å². The number of rotatable bonds is 5. The van der Waals surface area contributed by atoms with Crippen molar-refractivity contribution in [2.45, 2.75) is 32.2 Å². The fourth-order valence-electron chi connectivity index (χ4n) is 2.80. The third-order valence-corrected chi connectivity index (χ3v) is 3.55. The van der Waals surface area contributed by atoms with Gasteiger partial charge in [0, 0.05) is 12.6 Å². The molecule has 1 aliphatic heterocycles. The van der Waals surface area contributed by atoms with Gasteiger partial charge in [0.1, 0.15) is 6.79 Å². The smallest absolute Gasteiger partial charge is 0.146 e. The van der Waals surface area contributed by atoms with E-state index in [0.717, 1.165) is 25.0 Å². The molecule has 2 unspecified atom stereocenters. The molecule has 2 rings (SSSR count). The maximum Gasteiger partial charge on any atom is 0.146 e. The Labute approximate surface area is 86.2 Å². The fraction of sp³-hybridized carbons (Fsp3) is 1.00. The molecule has 0 bridgehead atoms. The molecule has 0 amide bonds. The highest BCUT2D eigenvalue weighted by Crippen LogP contribution is 2.37. The highest BCUT2D eigenvalue weighted by Gasteiger charge is 2.38. The Morgan fingerprint density at radius 2 is 2.21 bits per heavy atom. The third-order valence-electron chi connectivity index (χ3n) is 3.55. The minimum absolute atomic E-state index is 0.450. The van der Waals surface area contributed by atoms with Crippen molar-refractivity contribution >= 4 is 0 Å². The van der Waals surface area contributed by atoms with Gasteiger partial charge in [0.25, 0.3) is 0 Å². The topological polar surface area (TPSA) is 30.5 Å². The lowest BCUT2D eigenvalue weighted by molar-refractivity contribution is -0.0575. The second-order valence-corrected chi connectivity index (χ2v) is 4.35. The molecule has 1 saturated carbocycles. The first-order valence-corrected chi connectivity index (χ1v) is 5.80. The van der Waals surface area contributed by atoms with E-state index >= 15 is 0 Å². The minimum Gasteiger partial charge on any atom is -0.356 e. The average molecular weight is 199 g/mol. The maximum atomic E-state index is 5.48. The summed E-state index contributed by atoms with van der Waals surface area (Å²) in [6.45, 7) is 5.20. The molecular formula is C11H21NO2. The van der Waals surface area contributed by atoms with Crippen molar-refractivity contribution in [3.8, 4) is 0 Å². The fourth-order valence-corrected chi connectivity index (χ4v) is 2.80. The molecule has 2 aliphatic rings. The summed E-state index contributed by atoms with van der Waals surface area (Å²) in [4.78, 5) is 0. The summed E-state index contributed by atoms with van der Waals surface area (Å²) >= 11 is 0. The first-order chi connectivity index (χ1) is 6.92. The molecule has 0 aromatic heterocycles. The molecule has 0 spiro atoms. The molecule has 1 heterocycles. The van der Waals surface area contributed by atoms with Crippen molar-refractivity contribution in [3.05, 3.63) is 0 Å². The minimum atomic E-state index is 0.450. The van der Waals surface area contributed by atoms with E-state index in [2.05, 4.69) is 5.32 Å². The van der Waals surface area contributed by atoms with Crippen LogP contribution in [0, 0.1) is 11.8 Å². The van der Waals surface area contributed by atoms with Crippen molar-refractivity contribution < 1.29 is 9.47 Å². The van der Waals surface area contributed by atoms with E-state index < -0.39 is 0 Å². The summed E-state index contributed by atoms with van der Waals surface area (Å²) in [6.07, 6.45) is 4.22. The van der Waals surface area contributed by atoms with E-state index in [-0.39, 0.29) is 0 Å². The van der Waals surface area contributed by atoms with Crippen molar-refractivity contribution in [2.24, 2.45) is 11.8 Å². The van der Waals surface area contributed by atoms with Crippen molar-refractivity contribution in [1.29, 1.82) is 0 Å². The van der Waals surface area contributed by atoms with Crippen LogP contribution in [-0.2, 0) is 9.47 Å². The average Bonchev–Trinajstić information content (AvgIpc) is 2.75. The molecule has 0 aromatic carbocycles. The van der Waals surface area contributed by atoms with Crippen molar-refractivity contribution in [1.82, 2.24) is 5.32 Å². The lowest BCUT2D eigenvalue weighted by atomic mass is 9.95. The van der Waals surface area contributed by atoms with Crippen LogP contribution >= 0.6 is 0 Å². The molecule has 82 valence electrons. The van der Waals surface area contributed by atoms with Gasteiger partial charge in [-0.15, -0.1) is 0 Å². The molecule has 0 radical (unpaired) electrons. The zero-order valence-corrected chi connectivity index (χ0v) is 9.00. The van der Waals surface area contributed by atoms with Crippen LogP contribution in [0.5, 0.6) is 0 Å². The van der Waals surface area contributed by atoms with Crippen molar-refractivity contribution in [2.75, 3.05) is 26.6 Å². The zero-order valence-electron chi connectivity index (χ0n) is 9.00. The molecule has 3 heteroatoms. The number of fused-ring (bicyclic) bond motifs is 1. The third kappa shape index (κ3) is 2.27. The Morgan fingerprint density at radius 3 is 3.07 bits per heavy atom. The maximum absolute atomic E-state index is 5.48. The summed E-state index contributed by atoms with van der Waals surface area (Å²) in [7, 11) is 0. The first kappa shape index (κ1) is 10.4. The largest absolute Gasteiger partial charge is 0.356 e. The molecule has 1 N–H and O–H groups in total. The first-order valence-electron chi connectivity index (χ1n) is 5.80. The van der Waals surface area contributed by atoms with Crippen LogP contribution in [-0.4, -0.2) is 32.6 Å².